The van der Waals surface area contributed by atoms with E-state index in [2.05, 4.69) is 42.3 Å². The number of nitrogens with zero attached hydrogens (tertiary/aromatic N) is 1. The molecule has 126 valence electrons. The van der Waals surface area contributed by atoms with Crippen LogP contribution in [0.25, 0.3) is 0 Å². The first-order valence-electron chi connectivity index (χ1n) is 7.07. The van der Waals surface area contributed by atoms with Crippen molar-refractivity contribution >= 4 is 49.7 Å². The van der Waals surface area contributed by atoms with Crippen molar-refractivity contribution in [1.82, 2.24) is 0 Å². The Morgan fingerprint density at radius 3 is 2.75 bits per heavy atom. The minimum Gasteiger partial charge on any atom is -0.482 e. The molecule has 2 N–H and O–H groups in total. The molecule has 1 amide bonds. The Bertz CT molecular complexity index is 792. The predicted molar refractivity (Wildman–Crippen MR) is 101 cm³/mol. The number of anilines is 1. The number of aryl methyl sites for hydroxylation is 2. The van der Waals surface area contributed by atoms with Gasteiger partial charge in [-0.15, -0.1) is 0 Å². The van der Waals surface area contributed by atoms with Gasteiger partial charge < -0.3 is 15.3 Å². The van der Waals surface area contributed by atoms with E-state index in [1.807, 2.05) is 32.0 Å². The van der Waals surface area contributed by atoms with Gasteiger partial charge in [-0.25, -0.2) is 0 Å². The third-order valence-electron chi connectivity index (χ3n) is 3.25. The molecule has 0 aliphatic heterocycles. The highest BCUT2D eigenvalue weighted by atomic mass is 79.9. The van der Waals surface area contributed by atoms with E-state index in [4.69, 9.17) is 9.94 Å². The number of halogens is 2. The number of carbonyl (C=O) groups excluding carboxylic acids is 1. The summed E-state index contributed by atoms with van der Waals surface area (Å²) in [6.45, 7) is 3.72. The summed E-state index contributed by atoms with van der Waals surface area (Å²) in [6, 6.07) is 9.36. The maximum Gasteiger partial charge on any atom is 0.262 e. The second-order valence-electron chi connectivity index (χ2n) is 5.21. The minimum absolute atomic E-state index is 0.167. The number of rotatable bonds is 5. The molecule has 0 atom stereocenters. The maximum absolute atomic E-state index is 12.2. The molecule has 5 nitrogen and oxygen atoms in total. The molecule has 24 heavy (non-hydrogen) atoms. The van der Waals surface area contributed by atoms with Crippen LogP contribution in [-0.4, -0.2) is 23.9 Å². The molecule has 2 rings (SSSR count). The zero-order chi connectivity index (χ0) is 17.7. The average molecular weight is 456 g/mol. The van der Waals surface area contributed by atoms with Gasteiger partial charge in [0.15, 0.2) is 6.61 Å². The largest absolute Gasteiger partial charge is 0.482 e. The summed E-state index contributed by atoms with van der Waals surface area (Å²) in [7, 11) is 0. The third-order valence-corrected chi connectivity index (χ3v) is 4.30. The van der Waals surface area contributed by atoms with E-state index in [1.54, 1.807) is 12.1 Å². The van der Waals surface area contributed by atoms with Crippen molar-refractivity contribution in [2.45, 2.75) is 13.8 Å². The summed E-state index contributed by atoms with van der Waals surface area (Å²) in [5.74, 6) is 0.150. The number of ether oxygens (including phenoxy) is 1. The van der Waals surface area contributed by atoms with Crippen molar-refractivity contribution in [2.75, 3.05) is 11.9 Å². The SMILES string of the molecule is Cc1ccc(C)c(NC(=O)COc2c(Br)cc(Br)cc2/C=N/O)c1. The number of amides is 1. The average Bonchev–Trinajstić information content (AvgIpc) is 2.50. The van der Waals surface area contributed by atoms with Gasteiger partial charge in [0.2, 0.25) is 0 Å². The predicted octanol–water partition coefficient (Wildman–Crippen LogP) is 4.65. The molecule has 0 spiro atoms. The maximum atomic E-state index is 12.2. The van der Waals surface area contributed by atoms with E-state index in [0.717, 1.165) is 21.3 Å². The number of benzene rings is 2. The van der Waals surface area contributed by atoms with Gasteiger partial charge in [0.05, 0.1) is 10.7 Å². The lowest BCUT2D eigenvalue weighted by molar-refractivity contribution is -0.118. The Labute approximate surface area is 157 Å². The van der Waals surface area contributed by atoms with Crippen LogP contribution in [-0.2, 0) is 4.79 Å². The zero-order valence-electron chi connectivity index (χ0n) is 13.1. The molecular formula is C17H16Br2N2O3. The van der Waals surface area contributed by atoms with Crippen molar-refractivity contribution < 1.29 is 14.7 Å². The summed E-state index contributed by atoms with van der Waals surface area (Å²) in [4.78, 5) is 12.2. The lowest BCUT2D eigenvalue weighted by Gasteiger charge is -2.13. The van der Waals surface area contributed by atoms with Gasteiger partial charge in [-0.2, -0.15) is 0 Å². The number of oxime groups is 1. The first kappa shape index (κ1) is 18.5. The van der Waals surface area contributed by atoms with Crippen LogP contribution >= 0.6 is 31.9 Å². The van der Waals surface area contributed by atoms with Gasteiger partial charge in [0, 0.05) is 15.7 Å². The van der Waals surface area contributed by atoms with Crippen LogP contribution < -0.4 is 10.1 Å². The number of hydrogen-bond donors (Lipinski definition) is 2. The number of hydrogen-bond acceptors (Lipinski definition) is 4. The standard InChI is InChI=1S/C17H16Br2N2O3/c1-10-3-4-11(2)15(5-10)21-16(22)9-24-17-12(8-20-23)6-13(18)7-14(17)19/h3-8,23H,9H2,1-2H3,(H,21,22)/b20-8+. The smallest absolute Gasteiger partial charge is 0.262 e. The summed E-state index contributed by atoms with van der Waals surface area (Å²) in [5.41, 5.74) is 3.34. The van der Waals surface area contributed by atoms with Crippen LogP contribution in [0.5, 0.6) is 5.75 Å². The van der Waals surface area contributed by atoms with Crippen LogP contribution in [0.3, 0.4) is 0 Å². The van der Waals surface area contributed by atoms with Gasteiger partial charge in [-0.1, -0.05) is 33.2 Å². The van der Waals surface area contributed by atoms with Crippen LogP contribution in [0.15, 0.2) is 44.4 Å². The van der Waals surface area contributed by atoms with Crippen molar-refractivity contribution in [3.05, 3.63) is 56.0 Å². The molecule has 7 heteroatoms. The highest BCUT2D eigenvalue weighted by Gasteiger charge is 2.12. The summed E-state index contributed by atoms with van der Waals surface area (Å²) in [6.07, 6.45) is 1.24. The van der Waals surface area contributed by atoms with Crippen molar-refractivity contribution in [3.8, 4) is 5.75 Å². The Kier molecular flexibility index (Phi) is 6.39. The summed E-state index contributed by atoms with van der Waals surface area (Å²) < 4.78 is 7.03. The molecule has 0 radical (unpaired) electrons. The molecule has 2 aromatic carbocycles. The molecule has 0 aliphatic carbocycles. The first-order chi connectivity index (χ1) is 11.4. The molecule has 0 fully saturated rings. The van der Waals surface area contributed by atoms with Gasteiger partial charge in [0.25, 0.3) is 5.91 Å². The molecule has 0 aliphatic rings. The number of carbonyl (C=O) groups is 1. The summed E-state index contributed by atoms with van der Waals surface area (Å²) >= 11 is 6.72. The summed E-state index contributed by atoms with van der Waals surface area (Å²) in [5, 5.41) is 14.6. The van der Waals surface area contributed by atoms with Gasteiger partial charge >= 0.3 is 0 Å². The van der Waals surface area contributed by atoms with Gasteiger partial charge in [-0.3, -0.25) is 4.79 Å². The van der Waals surface area contributed by atoms with E-state index in [1.165, 1.54) is 6.21 Å². The molecule has 0 unspecified atom stereocenters. The van der Waals surface area contributed by atoms with E-state index >= 15 is 0 Å². The Balaban J connectivity index is 2.10. The first-order valence-corrected chi connectivity index (χ1v) is 8.65. The fourth-order valence-corrected chi connectivity index (χ4v) is 3.46. The Morgan fingerprint density at radius 1 is 1.29 bits per heavy atom. The van der Waals surface area contributed by atoms with Gasteiger partial charge in [-0.05, 0) is 59.1 Å². The van der Waals surface area contributed by atoms with Crippen LogP contribution in [0, 0.1) is 13.8 Å². The lowest BCUT2D eigenvalue weighted by atomic mass is 10.1. The van der Waals surface area contributed by atoms with E-state index < -0.39 is 0 Å². The second kappa shape index (κ2) is 8.30. The van der Waals surface area contributed by atoms with Crippen LogP contribution in [0.1, 0.15) is 16.7 Å². The number of nitrogens with one attached hydrogen (secondary N) is 1. The molecule has 2 aromatic rings. The highest BCUT2D eigenvalue weighted by molar-refractivity contribution is 9.11. The fraction of sp³-hybridized carbons (Fsp3) is 0.176. The monoisotopic (exact) mass is 454 g/mol. The molecule has 0 heterocycles. The van der Waals surface area contributed by atoms with Crippen molar-refractivity contribution in [3.63, 3.8) is 0 Å². The van der Waals surface area contributed by atoms with Crippen LogP contribution in [0.4, 0.5) is 5.69 Å². The van der Waals surface area contributed by atoms with Crippen molar-refractivity contribution in [2.24, 2.45) is 5.16 Å². The Hall–Kier alpha value is -1.86. The zero-order valence-corrected chi connectivity index (χ0v) is 16.3. The second-order valence-corrected chi connectivity index (χ2v) is 6.98. The highest BCUT2D eigenvalue weighted by Crippen LogP contribution is 2.32. The molecule has 0 saturated heterocycles. The quantitative estimate of drug-likeness (QED) is 0.391. The lowest BCUT2D eigenvalue weighted by Crippen LogP contribution is -2.21. The van der Waals surface area contributed by atoms with E-state index in [9.17, 15) is 4.79 Å². The van der Waals surface area contributed by atoms with Crippen LogP contribution in [0.2, 0.25) is 0 Å². The van der Waals surface area contributed by atoms with E-state index in [-0.39, 0.29) is 12.5 Å². The minimum atomic E-state index is -0.273. The molecule has 0 saturated carbocycles. The Morgan fingerprint density at radius 2 is 2.04 bits per heavy atom. The topological polar surface area (TPSA) is 70.9 Å². The van der Waals surface area contributed by atoms with Crippen molar-refractivity contribution in [1.29, 1.82) is 0 Å². The molecular weight excluding hydrogens is 440 g/mol. The molecule has 0 bridgehead atoms. The van der Waals surface area contributed by atoms with Gasteiger partial charge in [0.1, 0.15) is 5.75 Å². The normalized spacial score (nSPS) is 10.8. The third kappa shape index (κ3) is 4.82. The van der Waals surface area contributed by atoms with E-state index in [0.29, 0.717) is 15.8 Å². The molecule has 0 aromatic heterocycles. The fourth-order valence-electron chi connectivity index (χ4n) is 2.09.